The molecule has 0 bridgehead atoms. The third kappa shape index (κ3) is 24.5. The number of fused-ring (bicyclic) bond motifs is 1. The number of thiol groups is 1. The Morgan fingerprint density at radius 1 is 0.676 bits per heavy atom. The van der Waals surface area contributed by atoms with E-state index in [0.29, 0.717) is 31.1 Å². The fraction of sp³-hybridized carbons (Fsp3) is 0.722. The highest BCUT2D eigenvalue weighted by molar-refractivity contribution is 7.80. The second kappa shape index (κ2) is 32.0. The van der Waals surface area contributed by atoms with Gasteiger partial charge in [-0.1, -0.05) is 12.8 Å². The third-order valence-corrected chi connectivity index (χ3v) is 10.4. The van der Waals surface area contributed by atoms with E-state index in [1.54, 1.807) is 0 Å². The SMILES string of the molecule is O=C(CCC(=O)NCCOCCOCC(=O)NCCOCCOCC(=O)NCNC(=O)CCS)NCCCCCCNc1ncnc2c1ncn2[C@@H]1O[C@H](COP(=O)(O)O)C(O)[C@@H]1OP(=O)(O)O. The molecule has 1 saturated heterocycles. The summed E-state index contributed by atoms with van der Waals surface area (Å²) in [6.07, 6.45) is -0.584. The highest BCUT2D eigenvalue weighted by Gasteiger charge is 2.49. The Hall–Kier alpha value is -3.97. The number of unbranched alkanes of at least 4 members (excludes halogenated alkanes) is 3. The van der Waals surface area contributed by atoms with E-state index in [0.717, 1.165) is 19.3 Å². The maximum absolute atomic E-state index is 12.2. The van der Waals surface area contributed by atoms with Crippen molar-refractivity contribution < 1.29 is 90.5 Å². The summed E-state index contributed by atoms with van der Waals surface area (Å²) in [7, 11) is -10.1. The largest absolute Gasteiger partial charge is 0.470 e. The molecule has 1 fully saturated rings. The van der Waals surface area contributed by atoms with E-state index in [9.17, 15) is 48.0 Å². The summed E-state index contributed by atoms with van der Waals surface area (Å²) < 4.78 is 60.1. The molecule has 0 aromatic carbocycles. The molecule has 1 aliphatic heterocycles. The van der Waals surface area contributed by atoms with E-state index in [1.807, 2.05) is 0 Å². The van der Waals surface area contributed by atoms with Crippen LogP contribution in [-0.4, -0.2) is 190 Å². The van der Waals surface area contributed by atoms with Gasteiger partial charge in [-0.15, -0.1) is 0 Å². The number of hydrogen-bond donors (Lipinski definition) is 12. The fourth-order valence-corrected chi connectivity index (χ4v) is 7.05. The van der Waals surface area contributed by atoms with Crippen LogP contribution < -0.4 is 31.9 Å². The Labute approximate surface area is 396 Å². The number of carbonyl (C=O) groups excluding carboxylic acids is 5. The lowest BCUT2D eigenvalue weighted by Gasteiger charge is -2.22. The van der Waals surface area contributed by atoms with E-state index < -0.39 is 46.8 Å². The molecule has 1 aliphatic rings. The lowest BCUT2D eigenvalue weighted by atomic mass is 10.1. The number of phosphoric ester groups is 2. The van der Waals surface area contributed by atoms with Crippen molar-refractivity contribution >= 4 is 74.8 Å². The first kappa shape index (κ1) is 58.3. The zero-order valence-corrected chi connectivity index (χ0v) is 39.8. The predicted octanol–water partition coefficient (Wildman–Crippen LogP) is -2.65. The molecule has 11 N–H and O–H groups in total. The molecule has 29 nitrogen and oxygen atoms in total. The van der Waals surface area contributed by atoms with Gasteiger partial charge in [0.1, 0.15) is 37.9 Å². The van der Waals surface area contributed by atoms with Crippen molar-refractivity contribution in [2.24, 2.45) is 0 Å². The lowest BCUT2D eigenvalue weighted by molar-refractivity contribution is -0.128. The highest BCUT2D eigenvalue weighted by Crippen LogP contribution is 2.46. The van der Waals surface area contributed by atoms with Crippen LogP contribution in [-0.2, 0) is 65.8 Å². The number of amides is 5. The first-order chi connectivity index (χ1) is 32.5. The highest BCUT2D eigenvalue weighted by atomic mass is 32.1. The molecule has 0 spiro atoms. The maximum atomic E-state index is 12.2. The standard InChI is InChI=1S/C36H62N10O19P2S/c47-26(5-6-27(48)38-10-12-59-14-16-61-20-29(50)39-11-13-60-15-17-62-21-30(51)42-22-41-28(49)7-18-68)37-8-3-1-2-4-9-40-34-31-35(44-23-43-34)46(24-45-31)36-33(65-67(56,57)58)32(52)25(64-36)19-63-66(53,54)55/h23-25,32-33,36,52,68H,1-22H2,(H,37,47)(H,38,48)(H,39,50)(H,41,49)(H,42,51)(H,40,43,44)(H2,53,54,55)(H2,56,57,58)/t25-,32?,33+,36-/m1/s1. The van der Waals surface area contributed by atoms with Crippen molar-refractivity contribution in [3.63, 3.8) is 0 Å². The van der Waals surface area contributed by atoms with Gasteiger partial charge in [-0.2, -0.15) is 12.6 Å². The molecule has 0 aliphatic carbocycles. The second-order valence-electron chi connectivity index (χ2n) is 14.5. The minimum atomic E-state index is -5.17. The van der Waals surface area contributed by atoms with E-state index in [2.05, 4.69) is 64.0 Å². The Balaban J connectivity index is 1.15. The Morgan fingerprint density at radius 2 is 1.24 bits per heavy atom. The van der Waals surface area contributed by atoms with Gasteiger partial charge >= 0.3 is 15.6 Å². The molecule has 32 heteroatoms. The van der Waals surface area contributed by atoms with Gasteiger partial charge in [-0.25, -0.2) is 24.1 Å². The summed E-state index contributed by atoms with van der Waals surface area (Å²) in [5.41, 5.74) is 0.405. The molecule has 0 radical (unpaired) electrons. The summed E-state index contributed by atoms with van der Waals surface area (Å²) in [5.74, 6) is -0.749. The molecule has 2 aromatic rings. The predicted molar refractivity (Wildman–Crippen MR) is 238 cm³/mol. The summed E-state index contributed by atoms with van der Waals surface area (Å²) >= 11 is 3.95. The van der Waals surface area contributed by atoms with Gasteiger partial charge in [-0.05, 0) is 18.6 Å². The van der Waals surface area contributed by atoms with Crippen LogP contribution in [0.15, 0.2) is 12.7 Å². The van der Waals surface area contributed by atoms with Crippen LogP contribution in [0.5, 0.6) is 0 Å². The first-order valence-corrected chi connectivity index (χ1v) is 25.1. The molecule has 68 heavy (non-hydrogen) atoms. The molecule has 0 saturated carbocycles. The number of ether oxygens (including phenoxy) is 5. The van der Waals surface area contributed by atoms with Crippen LogP contribution in [0.3, 0.4) is 0 Å². The average molecular weight is 1030 g/mol. The van der Waals surface area contributed by atoms with Gasteiger partial charge in [0.05, 0.1) is 59.2 Å². The van der Waals surface area contributed by atoms with Crippen molar-refractivity contribution in [3.05, 3.63) is 12.7 Å². The third-order valence-electron chi connectivity index (χ3n) is 9.17. The monoisotopic (exact) mass is 1030 g/mol. The number of rotatable bonds is 37. The lowest BCUT2D eigenvalue weighted by Crippen LogP contribution is -2.39. The Kier molecular flexibility index (Phi) is 27.5. The number of aliphatic hydroxyl groups is 1. The van der Waals surface area contributed by atoms with Gasteiger partial charge in [-0.3, -0.25) is 37.6 Å². The topological polar surface area (TPSA) is 401 Å². The van der Waals surface area contributed by atoms with Crippen LogP contribution >= 0.6 is 28.3 Å². The minimum absolute atomic E-state index is 0.00420. The van der Waals surface area contributed by atoms with Crippen molar-refractivity contribution in [3.8, 4) is 0 Å². The number of aromatic nitrogens is 4. The maximum Gasteiger partial charge on any atom is 0.470 e. The summed E-state index contributed by atoms with van der Waals surface area (Å²) in [6.45, 7) is 1.42. The number of hydrogen-bond acceptors (Lipinski definition) is 20. The Morgan fingerprint density at radius 3 is 1.85 bits per heavy atom. The van der Waals surface area contributed by atoms with Gasteiger partial charge in [0.25, 0.3) is 0 Å². The van der Waals surface area contributed by atoms with Gasteiger partial charge < -0.3 is 80.3 Å². The van der Waals surface area contributed by atoms with Gasteiger partial charge in [0.15, 0.2) is 23.2 Å². The number of imidazole rings is 1. The van der Waals surface area contributed by atoms with Crippen LogP contribution in [0.1, 0.15) is 51.2 Å². The minimum Gasteiger partial charge on any atom is -0.387 e. The molecule has 4 atom stereocenters. The van der Waals surface area contributed by atoms with Crippen LogP contribution in [0.25, 0.3) is 11.2 Å². The number of anilines is 1. The summed E-state index contributed by atoms with van der Waals surface area (Å²) in [4.78, 5) is 109. The normalized spacial score (nSPS) is 17.2. The molecular weight excluding hydrogens is 970 g/mol. The summed E-state index contributed by atoms with van der Waals surface area (Å²) in [5, 5.41) is 26.9. The summed E-state index contributed by atoms with van der Waals surface area (Å²) in [6, 6.07) is 0. The van der Waals surface area contributed by atoms with Crippen LogP contribution in [0, 0.1) is 0 Å². The number of aliphatic hydroxyl groups excluding tert-OH is 1. The van der Waals surface area contributed by atoms with E-state index >= 15 is 0 Å². The second-order valence-corrected chi connectivity index (χ2v) is 17.4. The van der Waals surface area contributed by atoms with E-state index in [1.165, 1.54) is 17.2 Å². The van der Waals surface area contributed by atoms with E-state index in [4.69, 9.17) is 38.0 Å². The first-order valence-electron chi connectivity index (χ1n) is 21.4. The molecule has 1 unspecified atom stereocenters. The van der Waals surface area contributed by atoms with Crippen molar-refractivity contribution in [1.82, 2.24) is 46.1 Å². The molecular formula is C36H62N10O19P2S. The number of nitrogens with one attached hydrogen (secondary N) is 6. The zero-order chi connectivity index (χ0) is 49.8. The van der Waals surface area contributed by atoms with Crippen molar-refractivity contribution in [1.29, 1.82) is 0 Å². The Bertz CT molecular complexity index is 1960. The van der Waals surface area contributed by atoms with Gasteiger partial charge in [0.2, 0.25) is 29.5 Å². The zero-order valence-electron chi connectivity index (χ0n) is 37.1. The number of carbonyl (C=O) groups is 5. The molecule has 2 aromatic heterocycles. The molecule has 5 amide bonds. The quantitative estimate of drug-likeness (QED) is 0.0142. The van der Waals surface area contributed by atoms with Crippen LogP contribution in [0.2, 0.25) is 0 Å². The van der Waals surface area contributed by atoms with Gasteiger partial charge in [0, 0.05) is 45.4 Å². The molecule has 386 valence electrons. The number of nitrogens with zero attached hydrogens (tertiary/aromatic N) is 4. The molecule has 3 heterocycles. The molecule has 3 rings (SSSR count). The average Bonchev–Trinajstić information content (AvgIpc) is 3.84. The van der Waals surface area contributed by atoms with Crippen molar-refractivity contribution in [2.45, 2.75) is 69.5 Å². The fourth-order valence-electron chi connectivity index (χ4n) is 5.96. The van der Waals surface area contributed by atoms with Crippen LogP contribution in [0.4, 0.5) is 5.82 Å². The smallest absolute Gasteiger partial charge is 0.387 e. The van der Waals surface area contributed by atoms with E-state index in [-0.39, 0.29) is 133 Å². The number of phosphoric acid groups is 2. The van der Waals surface area contributed by atoms with Crippen molar-refractivity contribution in [2.75, 3.05) is 103 Å².